The molecule has 0 unspecified atom stereocenters. The number of para-hydroxylation sites is 1. The highest BCUT2D eigenvalue weighted by molar-refractivity contribution is 7.89. The molecule has 3 aromatic carbocycles. The number of nitrogens with one attached hydrogen (secondary N) is 2. The molecule has 156 valence electrons. The Kier molecular flexibility index (Phi) is 7.38. The zero-order valence-corrected chi connectivity index (χ0v) is 17.8. The maximum absolute atomic E-state index is 12.5. The number of rotatable bonds is 9. The van der Waals surface area contributed by atoms with E-state index in [0.717, 1.165) is 22.4 Å². The largest absolute Gasteiger partial charge is 0.326 e. The summed E-state index contributed by atoms with van der Waals surface area (Å²) in [6.07, 6.45) is 1.50. The molecule has 0 aromatic heterocycles. The van der Waals surface area contributed by atoms with Crippen LogP contribution in [0.15, 0.2) is 83.8 Å². The SMILES string of the molecule is Cc1ccccc1NC(=O)CCc1ccc(S(=O)(=O)NCCc2ccccc2)cc1. The molecule has 0 saturated heterocycles. The fraction of sp³-hybridized carbons (Fsp3) is 0.208. The number of carbonyl (C=O) groups excluding carboxylic acids is 1. The van der Waals surface area contributed by atoms with Crippen LogP contribution in [0.25, 0.3) is 0 Å². The summed E-state index contributed by atoms with van der Waals surface area (Å²) in [4.78, 5) is 12.4. The molecule has 0 saturated carbocycles. The molecule has 0 radical (unpaired) electrons. The number of aryl methyl sites for hydroxylation is 2. The number of hydrogen-bond acceptors (Lipinski definition) is 3. The molecule has 3 aromatic rings. The third kappa shape index (κ3) is 6.27. The summed E-state index contributed by atoms with van der Waals surface area (Å²) in [6.45, 7) is 2.29. The molecule has 0 atom stereocenters. The summed E-state index contributed by atoms with van der Waals surface area (Å²) >= 11 is 0. The molecule has 5 nitrogen and oxygen atoms in total. The topological polar surface area (TPSA) is 75.3 Å². The average Bonchev–Trinajstić information content (AvgIpc) is 2.75. The van der Waals surface area contributed by atoms with Crippen LogP contribution in [-0.2, 0) is 27.7 Å². The van der Waals surface area contributed by atoms with Crippen LogP contribution in [0.5, 0.6) is 0 Å². The van der Waals surface area contributed by atoms with E-state index >= 15 is 0 Å². The maximum atomic E-state index is 12.5. The van der Waals surface area contributed by atoms with E-state index < -0.39 is 10.0 Å². The Morgan fingerprint density at radius 3 is 2.13 bits per heavy atom. The second-order valence-corrected chi connectivity index (χ2v) is 8.91. The number of benzene rings is 3. The molecule has 3 rings (SSSR count). The molecule has 0 aliphatic rings. The normalized spacial score (nSPS) is 11.2. The predicted molar refractivity (Wildman–Crippen MR) is 120 cm³/mol. The fourth-order valence-corrected chi connectivity index (χ4v) is 4.11. The minimum absolute atomic E-state index is 0.0661. The van der Waals surface area contributed by atoms with Gasteiger partial charge in [0.05, 0.1) is 4.90 Å². The molecule has 0 aliphatic carbocycles. The smallest absolute Gasteiger partial charge is 0.240 e. The summed E-state index contributed by atoms with van der Waals surface area (Å²) in [7, 11) is -3.55. The highest BCUT2D eigenvalue weighted by atomic mass is 32.2. The summed E-state index contributed by atoms with van der Waals surface area (Å²) in [6, 6.07) is 24.1. The summed E-state index contributed by atoms with van der Waals surface area (Å²) in [5.74, 6) is -0.0661. The van der Waals surface area contributed by atoms with Crippen LogP contribution in [0.2, 0.25) is 0 Å². The molecular formula is C24H26N2O3S. The summed E-state index contributed by atoms with van der Waals surface area (Å²) in [5.41, 5.74) is 3.82. The average molecular weight is 423 g/mol. The second-order valence-electron chi connectivity index (χ2n) is 7.14. The van der Waals surface area contributed by atoms with E-state index in [4.69, 9.17) is 0 Å². The Balaban J connectivity index is 1.50. The van der Waals surface area contributed by atoms with Crippen molar-refractivity contribution < 1.29 is 13.2 Å². The first kappa shape index (κ1) is 21.7. The molecule has 0 heterocycles. The zero-order chi connectivity index (χ0) is 21.4. The van der Waals surface area contributed by atoms with Crippen molar-refractivity contribution in [3.05, 3.63) is 95.6 Å². The van der Waals surface area contributed by atoms with Crippen LogP contribution in [-0.4, -0.2) is 20.9 Å². The third-order valence-electron chi connectivity index (χ3n) is 4.84. The lowest BCUT2D eigenvalue weighted by molar-refractivity contribution is -0.116. The van der Waals surface area contributed by atoms with Crippen molar-refractivity contribution in [2.75, 3.05) is 11.9 Å². The lowest BCUT2D eigenvalue weighted by atomic mass is 10.1. The molecule has 0 fully saturated rings. The van der Waals surface area contributed by atoms with E-state index in [9.17, 15) is 13.2 Å². The molecule has 6 heteroatoms. The molecule has 0 spiro atoms. The fourth-order valence-electron chi connectivity index (χ4n) is 3.08. The van der Waals surface area contributed by atoms with Crippen LogP contribution < -0.4 is 10.0 Å². The van der Waals surface area contributed by atoms with Crippen LogP contribution in [0.1, 0.15) is 23.1 Å². The minimum atomic E-state index is -3.55. The van der Waals surface area contributed by atoms with Crippen LogP contribution in [0, 0.1) is 6.92 Å². The van der Waals surface area contributed by atoms with Crippen molar-refractivity contribution in [1.82, 2.24) is 4.72 Å². The van der Waals surface area contributed by atoms with E-state index in [-0.39, 0.29) is 10.8 Å². The Morgan fingerprint density at radius 1 is 0.800 bits per heavy atom. The van der Waals surface area contributed by atoms with Gasteiger partial charge in [0.2, 0.25) is 15.9 Å². The van der Waals surface area contributed by atoms with E-state index in [1.807, 2.05) is 61.5 Å². The minimum Gasteiger partial charge on any atom is -0.326 e. The van der Waals surface area contributed by atoms with Gasteiger partial charge in [-0.3, -0.25) is 4.79 Å². The van der Waals surface area contributed by atoms with Crippen LogP contribution in [0.4, 0.5) is 5.69 Å². The van der Waals surface area contributed by atoms with Crippen molar-refractivity contribution >= 4 is 21.6 Å². The van der Waals surface area contributed by atoms with E-state index in [2.05, 4.69) is 10.0 Å². The molecular weight excluding hydrogens is 396 g/mol. The number of sulfonamides is 1. The Morgan fingerprint density at radius 2 is 1.43 bits per heavy atom. The van der Waals surface area contributed by atoms with Gasteiger partial charge in [0.1, 0.15) is 0 Å². The Bertz CT molecular complexity index is 1080. The first-order valence-corrected chi connectivity index (χ1v) is 11.4. The lowest BCUT2D eigenvalue weighted by Crippen LogP contribution is -2.26. The van der Waals surface area contributed by atoms with Gasteiger partial charge in [-0.05, 0) is 54.7 Å². The Hall–Kier alpha value is -2.96. The molecule has 1 amide bonds. The number of amides is 1. The Labute approximate surface area is 178 Å². The quantitative estimate of drug-likeness (QED) is 0.545. The van der Waals surface area contributed by atoms with Gasteiger partial charge in [-0.1, -0.05) is 60.7 Å². The molecule has 2 N–H and O–H groups in total. The van der Waals surface area contributed by atoms with Gasteiger partial charge in [-0.2, -0.15) is 0 Å². The van der Waals surface area contributed by atoms with Crippen molar-refractivity contribution in [3.8, 4) is 0 Å². The van der Waals surface area contributed by atoms with Gasteiger partial charge in [-0.15, -0.1) is 0 Å². The molecule has 0 aliphatic heterocycles. The van der Waals surface area contributed by atoms with E-state index in [1.165, 1.54) is 0 Å². The summed E-state index contributed by atoms with van der Waals surface area (Å²) in [5, 5.41) is 2.91. The standard InChI is InChI=1S/C24H26N2O3S/c1-19-7-5-6-10-23(19)26-24(27)16-13-21-11-14-22(15-12-21)30(28,29)25-18-17-20-8-3-2-4-9-20/h2-12,14-15,25H,13,16-18H2,1H3,(H,26,27). The third-order valence-corrected chi connectivity index (χ3v) is 6.32. The van der Waals surface area contributed by atoms with Crippen LogP contribution >= 0.6 is 0 Å². The summed E-state index contributed by atoms with van der Waals surface area (Å²) < 4.78 is 27.6. The zero-order valence-electron chi connectivity index (χ0n) is 17.0. The van der Waals surface area contributed by atoms with Gasteiger partial charge >= 0.3 is 0 Å². The molecule has 30 heavy (non-hydrogen) atoms. The van der Waals surface area contributed by atoms with E-state index in [0.29, 0.717) is 25.8 Å². The van der Waals surface area contributed by atoms with Gasteiger partial charge in [0.15, 0.2) is 0 Å². The van der Waals surface area contributed by atoms with E-state index in [1.54, 1.807) is 24.3 Å². The van der Waals surface area contributed by atoms with Gasteiger partial charge < -0.3 is 5.32 Å². The van der Waals surface area contributed by atoms with Crippen molar-refractivity contribution in [2.24, 2.45) is 0 Å². The first-order chi connectivity index (χ1) is 14.4. The second kappa shape index (κ2) is 10.2. The van der Waals surface area contributed by atoms with Gasteiger partial charge in [0.25, 0.3) is 0 Å². The van der Waals surface area contributed by atoms with Crippen molar-refractivity contribution in [1.29, 1.82) is 0 Å². The molecule has 0 bridgehead atoms. The number of carbonyl (C=O) groups is 1. The highest BCUT2D eigenvalue weighted by Crippen LogP contribution is 2.15. The lowest BCUT2D eigenvalue weighted by Gasteiger charge is -2.09. The number of anilines is 1. The van der Waals surface area contributed by atoms with Gasteiger partial charge in [0, 0.05) is 18.7 Å². The van der Waals surface area contributed by atoms with Crippen molar-refractivity contribution in [3.63, 3.8) is 0 Å². The van der Waals surface area contributed by atoms with Crippen LogP contribution in [0.3, 0.4) is 0 Å². The highest BCUT2D eigenvalue weighted by Gasteiger charge is 2.13. The van der Waals surface area contributed by atoms with Crippen molar-refractivity contribution in [2.45, 2.75) is 31.1 Å². The number of hydrogen-bond donors (Lipinski definition) is 2. The predicted octanol–water partition coefficient (Wildman–Crippen LogP) is 4.09. The van der Waals surface area contributed by atoms with Gasteiger partial charge in [-0.25, -0.2) is 13.1 Å². The first-order valence-electron chi connectivity index (χ1n) is 9.92. The maximum Gasteiger partial charge on any atom is 0.240 e. The monoisotopic (exact) mass is 422 g/mol.